The van der Waals surface area contributed by atoms with E-state index in [0.29, 0.717) is 6.04 Å². The number of rotatable bonds is 2. The summed E-state index contributed by atoms with van der Waals surface area (Å²) in [6, 6.07) is 0.682. The smallest absolute Gasteiger partial charge is 0.234 e. The summed E-state index contributed by atoms with van der Waals surface area (Å²) in [6.07, 6.45) is 8.67. The highest BCUT2D eigenvalue weighted by molar-refractivity contribution is 5.80. The molecular formula is C11H20N2O. The number of amides is 1. The lowest BCUT2D eigenvalue weighted by atomic mass is 9.93. The van der Waals surface area contributed by atoms with Gasteiger partial charge in [-0.1, -0.05) is 19.3 Å². The second-order valence-electron chi connectivity index (χ2n) is 4.59. The first-order valence-electron chi connectivity index (χ1n) is 5.84. The third-order valence-corrected chi connectivity index (χ3v) is 3.67. The number of nitrogens with zero attached hydrogens (tertiary/aromatic N) is 1. The van der Waals surface area contributed by atoms with Gasteiger partial charge in [0.1, 0.15) is 0 Å². The van der Waals surface area contributed by atoms with Crippen molar-refractivity contribution in [2.75, 3.05) is 6.54 Å². The topological polar surface area (TPSA) is 46.3 Å². The van der Waals surface area contributed by atoms with E-state index in [1.165, 1.54) is 32.1 Å². The summed E-state index contributed by atoms with van der Waals surface area (Å²) in [6.45, 7) is 1.08. The highest BCUT2D eigenvalue weighted by Crippen LogP contribution is 2.28. The Balaban J connectivity index is 1.97. The maximum Gasteiger partial charge on any atom is 0.234 e. The fourth-order valence-electron chi connectivity index (χ4n) is 2.94. The molecule has 0 radical (unpaired) electrons. The van der Waals surface area contributed by atoms with Crippen LogP contribution in [0.5, 0.6) is 0 Å². The van der Waals surface area contributed by atoms with Gasteiger partial charge in [0.15, 0.2) is 0 Å². The molecule has 3 nitrogen and oxygen atoms in total. The minimum Gasteiger partial charge on any atom is -0.368 e. The zero-order chi connectivity index (χ0) is 9.97. The van der Waals surface area contributed by atoms with Gasteiger partial charge in [0, 0.05) is 6.04 Å². The average molecular weight is 196 g/mol. The molecule has 1 amide bonds. The van der Waals surface area contributed by atoms with Crippen LogP contribution in [0.4, 0.5) is 0 Å². The van der Waals surface area contributed by atoms with Gasteiger partial charge in [-0.25, -0.2) is 0 Å². The Morgan fingerprint density at radius 2 is 1.79 bits per heavy atom. The molecule has 0 aromatic rings. The van der Waals surface area contributed by atoms with E-state index < -0.39 is 0 Å². The van der Waals surface area contributed by atoms with Crippen LogP contribution in [0.15, 0.2) is 0 Å². The maximum absolute atomic E-state index is 11.2. The van der Waals surface area contributed by atoms with Crippen LogP contribution >= 0.6 is 0 Å². The molecule has 0 aromatic carbocycles. The Bertz CT molecular complexity index is 211. The number of carbonyl (C=O) groups excluding carboxylic acids is 1. The Labute approximate surface area is 85.6 Å². The van der Waals surface area contributed by atoms with Crippen molar-refractivity contribution in [1.29, 1.82) is 0 Å². The number of hydrogen-bond donors (Lipinski definition) is 1. The van der Waals surface area contributed by atoms with Crippen LogP contribution in [0, 0.1) is 0 Å². The van der Waals surface area contributed by atoms with E-state index >= 15 is 0 Å². The molecule has 3 heteroatoms. The lowest BCUT2D eigenvalue weighted by Gasteiger charge is -2.34. The molecule has 2 fully saturated rings. The van der Waals surface area contributed by atoms with Crippen molar-refractivity contribution in [3.8, 4) is 0 Å². The molecule has 2 rings (SSSR count). The fraction of sp³-hybridized carbons (Fsp3) is 0.909. The van der Waals surface area contributed by atoms with E-state index in [-0.39, 0.29) is 11.9 Å². The highest BCUT2D eigenvalue weighted by atomic mass is 16.1. The molecule has 1 aliphatic heterocycles. The first kappa shape index (κ1) is 9.97. The van der Waals surface area contributed by atoms with Crippen molar-refractivity contribution in [1.82, 2.24) is 4.90 Å². The molecule has 0 spiro atoms. The first-order valence-corrected chi connectivity index (χ1v) is 5.84. The van der Waals surface area contributed by atoms with E-state index in [1.54, 1.807) is 0 Å². The predicted molar refractivity (Wildman–Crippen MR) is 55.8 cm³/mol. The summed E-state index contributed by atoms with van der Waals surface area (Å²) in [7, 11) is 0. The van der Waals surface area contributed by atoms with Gasteiger partial charge in [0.25, 0.3) is 0 Å². The molecule has 1 saturated heterocycles. The molecule has 2 N–H and O–H groups in total. The zero-order valence-electron chi connectivity index (χ0n) is 8.74. The molecule has 0 unspecified atom stereocenters. The molecule has 0 bridgehead atoms. The molecule has 1 atom stereocenters. The summed E-state index contributed by atoms with van der Waals surface area (Å²) >= 11 is 0. The van der Waals surface area contributed by atoms with Gasteiger partial charge in [-0.05, 0) is 32.2 Å². The zero-order valence-corrected chi connectivity index (χ0v) is 8.74. The lowest BCUT2D eigenvalue weighted by molar-refractivity contribution is -0.123. The van der Waals surface area contributed by atoms with E-state index in [2.05, 4.69) is 4.90 Å². The van der Waals surface area contributed by atoms with Crippen LogP contribution in [0.1, 0.15) is 44.9 Å². The molecule has 1 aliphatic carbocycles. The second-order valence-corrected chi connectivity index (χ2v) is 4.59. The standard InChI is InChI=1S/C11H20N2O/c12-11(14)10-7-4-8-13(10)9-5-2-1-3-6-9/h9-10H,1-8H2,(H2,12,14)/t10-/m0/s1. The minimum atomic E-state index is -0.118. The SMILES string of the molecule is NC(=O)[C@@H]1CCCN1C1CCCCC1. The molecule has 1 heterocycles. The van der Waals surface area contributed by atoms with Crippen molar-refractivity contribution in [3.63, 3.8) is 0 Å². The molecule has 1 saturated carbocycles. The Morgan fingerprint density at radius 1 is 1.07 bits per heavy atom. The molecule has 80 valence electrons. The predicted octanol–water partition coefficient (Wildman–Crippen LogP) is 1.27. The number of carbonyl (C=O) groups is 1. The Morgan fingerprint density at radius 3 is 2.43 bits per heavy atom. The first-order chi connectivity index (χ1) is 6.79. The summed E-state index contributed by atoms with van der Waals surface area (Å²) in [5.41, 5.74) is 5.41. The van der Waals surface area contributed by atoms with Gasteiger partial charge in [-0.15, -0.1) is 0 Å². The highest BCUT2D eigenvalue weighted by Gasteiger charge is 2.34. The maximum atomic E-state index is 11.2. The second kappa shape index (κ2) is 4.30. The van der Waals surface area contributed by atoms with E-state index in [0.717, 1.165) is 19.4 Å². The molecule has 0 aromatic heterocycles. The van der Waals surface area contributed by atoms with E-state index in [1.807, 2.05) is 0 Å². The quantitative estimate of drug-likeness (QED) is 0.723. The third kappa shape index (κ3) is 1.92. The number of primary amides is 1. The lowest BCUT2D eigenvalue weighted by Crippen LogP contribution is -2.46. The summed E-state index contributed by atoms with van der Waals surface area (Å²) < 4.78 is 0. The van der Waals surface area contributed by atoms with Gasteiger partial charge in [0.2, 0.25) is 5.91 Å². The Kier molecular flexibility index (Phi) is 3.06. The Hall–Kier alpha value is -0.570. The van der Waals surface area contributed by atoms with Gasteiger partial charge in [-0.2, -0.15) is 0 Å². The van der Waals surface area contributed by atoms with Gasteiger partial charge in [0.05, 0.1) is 6.04 Å². The largest absolute Gasteiger partial charge is 0.368 e. The summed E-state index contributed by atoms with van der Waals surface area (Å²) in [4.78, 5) is 13.6. The van der Waals surface area contributed by atoms with Crippen molar-refractivity contribution >= 4 is 5.91 Å². The average Bonchev–Trinajstić information content (AvgIpc) is 2.67. The summed E-state index contributed by atoms with van der Waals surface area (Å²) in [5, 5.41) is 0. The van der Waals surface area contributed by atoms with Crippen LogP contribution in [-0.2, 0) is 4.79 Å². The fourth-order valence-corrected chi connectivity index (χ4v) is 2.94. The number of hydrogen-bond acceptors (Lipinski definition) is 2. The number of likely N-dealkylation sites (tertiary alicyclic amines) is 1. The van der Waals surface area contributed by atoms with Crippen molar-refractivity contribution < 1.29 is 4.79 Å². The van der Waals surface area contributed by atoms with Gasteiger partial charge < -0.3 is 5.73 Å². The van der Waals surface area contributed by atoms with Gasteiger partial charge in [-0.3, -0.25) is 9.69 Å². The van der Waals surface area contributed by atoms with Crippen LogP contribution < -0.4 is 5.73 Å². The normalized spacial score (nSPS) is 30.7. The van der Waals surface area contributed by atoms with E-state index in [9.17, 15) is 4.79 Å². The van der Waals surface area contributed by atoms with Crippen LogP contribution in [0.2, 0.25) is 0 Å². The van der Waals surface area contributed by atoms with Gasteiger partial charge >= 0.3 is 0 Å². The molecule has 2 aliphatic rings. The molecule has 14 heavy (non-hydrogen) atoms. The van der Waals surface area contributed by atoms with Crippen molar-refractivity contribution in [2.24, 2.45) is 5.73 Å². The molecular weight excluding hydrogens is 176 g/mol. The third-order valence-electron chi connectivity index (χ3n) is 3.67. The number of nitrogens with two attached hydrogens (primary N) is 1. The van der Waals surface area contributed by atoms with Crippen molar-refractivity contribution in [2.45, 2.75) is 57.0 Å². The van der Waals surface area contributed by atoms with E-state index in [4.69, 9.17) is 5.73 Å². The van der Waals surface area contributed by atoms with Crippen molar-refractivity contribution in [3.05, 3.63) is 0 Å². The summed E-state index contributed by atoms with van der Waals surface area (Å²) in [5.74, 6) is -0.118. The van der Waals surface area contributed by atoms with Crippen LogP contribution in [0.3, 0.4) is 0 Å². The van der Waals surface area contributed by atoms with Crippen LogP contribution in [-0.4, -0.2) is 29.4 Å². The van der Waals surface area contributed by atoms with Crippen LogP contribution in [0.25, 0.3) is 0 Å². The monoisotopic (exact) mass is 196 g/mol. The minimum absolute atomic E-state index is 0.0399.